The summed E-state index contributed by atoms with van der Waals surface area (Å²) in [5.41, 5.74) is -0.600. The second-order valence-electron chi connectivity index (χ2n) is 4.99. The van der Waals surface area contributed by atoms with Crippen LogP contribution in [0.15, 0.2) is 0 Å². The van der Waals surface area contributed by atoms with Gasteiger partial charge in [-0.1, -0.05) is 0 Å². The Morgan fingerprint density at radius 2 is 2.00 bits per heavy atom. The molecular weight excluding hydrogens is 264 g/mol. The molecule has 7 nitrogen and oxygen atoms in total. The Labute approximate surface area is 118 Å². The van der Waals surface area contributed by atoms with Crippen molar-refractivity contribution < 1.29 is 24.2 Å². The zero-order valence-corrected chi connectivity index (χ0v) is 11.7. The van der Waals surface area contributed by atoms with Crippen LogP contribution in [-0.4, -0.2) is 41.8 Å². The minimum Gasteiger partial charge on any atom is -0.481 e. The van der Waals surface area contributed by atoms with Crippen molar-refractivity contribution in [2.45, 2.75) is 51.0 Å². The quantitative estimate of drug-likeness (QED) is 0.456. The van der Waals surface area contributed by atoms with Crippen LogP contribution in [0.25, 0.3) is 0 Å². The fraction of sp³-hybridized carbons (Fsp3) is 0.769. The predicted molar refractivity (Wildman–Crippen MR) is 71.2 cm³/mol. The van der Waals surface area contributed by atoms with Crippen LogP contribution in [0.2, 0.25) is 0 Å². The number of ether oxygens (including phenoxy) is 1. The number of carbonyl (C=O) groups is 3. The third-order valence-electron chi connectivity index (χ3n) is 3.33. The van der Waals surface area contributed by atoms with Crippen LogP contribution in [0.3, 0.4) is 0 Å². The molecule has 0 aromatic carbocycles. The van der Waals surface area contributed by atoms with Crippen molar-refractivity contribution in [3.63, 3.8) is 0 Å². The van der Waals surface area contributed by atoms with Gasteiger partial charge in [-0.25, -0.2) is 4.79 Å². The normalized spacial score (nSPS) is 15.8. The second kappa shape index (κ2) is 7.72. The van der Waals surface area contributed by atoms with Crippen LogP contribution in [0.5, 0.6) is 0 Å². The highest BCUT2D eigenvalue weighted by Crippen LogP contribution is 2.34. The number of nitrogens with one attached hydrogen (secondary N) is 2. The monoisotopic (exact) mass is 286 g/mol. The van der Waals surface area contributed by atoms with Crippen molar-refractivity contribution in [1.29, 1.82) is 0 Å². The number of amides is 2. The van der Waals surface area contributed by atoms with E-state index in [2.05, 4.69) is 10.6 Å². The van der Waals surface area contributed by atoms with Crippen molar-refractivity contribution in [2.75, 3.05) is 13.2 Å². The van der Waals surface area contributed by atoms with Crippen LogP contribution in [0.1, 0.15) is 45.4 Å². The maximum atomic E-state index is 11.7. The van der Waals surface area contributed by atoms with E-state index in [0.29, 0.717) is 32.4 Å². The summed E-state index contributed by atoms with van der Waals surface area (Å²) in [5.74, 6) is -1.19. The number of aliphatic carboxylic acids is 1. The molecule has 0 unspecified atom stereocenters. The minimum atomic E-state index is -0.910. The molecule has 20 heavy (non-hydrogen) atoms. The smallest absolute Gasteiger partial charge is 0.315 e. The second-order valence-corrected chi connectivity index (χ2v) is 4.99. The molecule has 0 heterocycles. The van der Waals surface area contributed by atoms with Crippen LogP contribution in [0, 0.1) is 0 Å². The first-order valence-corrected chi connectivity index (χ1v) is 6.91. The molecule has 1 fully saturated rings. The van der Waals surface area contributed by atoms with Gasteiger partial charge in [0.25, 0.3) is 0 Å². The van der Waals surface area contributed by atoms with Crippen LogP contribution in [0.4, 0.5) is 4.79 Å². The largest absolute Gasteiger partial charge is 0.481 e. The highest BCUT2D eigenvalue weighted by atomic mass is 16.5. The first-order chi connectivity index (χ1) is 9.47. The standard InChI is InChI=1S/C13H22N2O5/c1-2-20-11(18)5-3-8-14-12(19)15-13(6-4-7-13)9-10(16)17/h2-9H2,1H3,(H,16,17)(H2,14,15,19). The molecule has 0 spiro atoms. The van der Waals surface area contributed by atoms with Gasteiger partial charge < -0.3 is 20.5 Å². The Kier molecular flexibility index (Phi) is 6.27. The summed E-state index contributed by atoms with van der Waals surface area (Å²) < 4.78 is 4.77. The molecule has 0 saturated heterocycles. The van der Waals surface area contributed by atoms with E-state index < -0.39 is 11.5 Å². The van der Waals surface area contributed by atoms with Crippen molar-refractivity contribution >= 4 is 18.0 Å². The minimum absolute atomic E-state index is 0.0523. The highest BCUT2D eigenvalue weighted by molar-refractivity contribution is 5.77. The SMILES string of the molecule is CCOC(=O)CCCNC(=O)NC1(CC(=O)O)CCC1. The van der Waals surface area contributed by atoms with E-state index in [1.54, 1.807) is 6.92 Å². The molecule has 0 radical (unpaired) electrons. The summed E-state index contributed by atoms with van der Waals surface area (Å²) >= 11 is 0. The van der Waals surface area contributed by atoms with Crippen LogP contribution < -0.4 is 10.6 Å². The molecule has 2 amide bonds. The average Bonchev–Trinajstić information content (AvgIpc) is 2.31. The summed E-state index contributed by atoms with van der Waals surface area (Å²) in [5, 5.41) is 14.2. The van der Waals surface area contributed by atoms with Gasteiger partial charge in [0.05, 0.1) is 18.6 Å². The zero-order valence-electron chi connectivity index (χ0n) is 11.7. The number of urea groups is 1. The van der Waals surface area contributed by atoms with Gasteiger partial charge >= 0.3 is 18.0 Å². The molecule has 0 aromatic rings. The Bertz CT molecular complexity index is 366. The molecule has 1 aliphatic carbocycles. The molecule has 114 valence electrons. The first kappa shape index (κ1) is 16.3. The van der Waals surface area contributed by atoms with Crippen molar-refractivity contribution in [3.05, 3.63) is 0 Å². The van der Waals surface area contributed by atoms with Gasteiger partial charge in [-0.2, -0.15) is 0 Å². The molecule has 1 saturated carbocycles. The maximum Gasteiger partial charge on any atom is 0.315 e. The van der Waals surface area contributed by atoms with Crippen molar-refractivity contribution in [1.82, 2.24) is 10.6 Å². The third-order valence-corrected chi connectivity index (χ3v) is 3.33. The van der Waals surface area contributed by atoms with Gasteiger partial charge in [0, 0.05) is 13.0 Å². The molecule has 3 N–H and O–H groups in total. The summed E-state index contributed by atoms with van der Waals surface area (Å²) in [6.45, 7) is 2.45. The molecule has 1 rings (SSSR count). The van der Waals surface area contributed by atoms with Gasteiger partial charge in [0.1, 0.15) is 0 Å². The van der Waals surface area contributed by atoms with Gasteiger partial charge in [-0.3, -0.25) is 9.59 Å². The number of hydrogen-bond acceptors (Lipinski definition) is 4. The number of carbonyl (C=O) groups excluding carboxylic acids is 2. The van der Waals surface area contributed by atoms with E-state index >= 15 is 0 Å². The molecular formula is C13H22N2O5. The summed E-state index contributed by atoms with van der Waals surface area (Å²) in [7, 11) is 0. The zero-order chi connectivity index (χ0) is 15.0. The Hall–Kier alpha value is -1.79. The van der Waals surface area contributed by atoms with Gasteiger partial charge in [-0.15, -0.1) is 0 Å². The lowest BCUT2D eigenvalue weighted by Crippen LogP contribution is -2.57. The molecule has 1 aliphatic rings. The number of esters is 1. The highest BCUT2D eigenvalue weighted by Gasteiger charge is 2.40. The van der Waals surface area contributed by atoms with Crippen LogP contribution in [-0.2, 0) is 14.3 Å². The molecule has 0 aliphatic heterocycles. The Morgan fingerprint density at radius 3 is 2.50 bits per heavy atom. The fourth-order valence-corrected chi connectivity index (χ4v) is 2.19. The summed E-state index contributed by atoms with van der Waals surface area (Å²) in [4.78, 5) is 33.5. The van der Waals surface area contributed by atoms with Gasteiger partial charge in [0.2, 0.25) is 0 Å². The van der Waals surface area contributed by atoms with E-state index in [9.17, 15) is 14.4 Å². The number of rotatable bonds is 8. The van der Waals surface area contributed by atoms with Crippen molar-refractivity contribution in [2.24, 2.45) is 0 Å². The third kappa shape index (κ3) is 5.46. The number of carboxylic acids is 1. The Morgan fingerprint density at radius 1 is 1.30 bits per heavy atom. The summed E-state index contributed by atoms with van der Waals surface area (Å²) in [6, 6.07) is -0.380. The lowest BCUT2D eigenvalue weighted by Gasteiger charge is -2.41. The van der Waals surface area contributed by atoms with Crippen molar-refractivity contribution in [3.8, 4) is 0 Å². The average molecular weight is 286 g/mol. The molecule has 0 atom stereocenters. The molecule has 0 aromatic heterocycles. The lowest BCUT2D eigenvalue weighted by molar-refractivity contribution is -0.143. The topological polar surface area (TPSA) is 105 Å². The fourth-order valence-electron chi connectivity index (χ4n) is 2.19. The predicted octanol–water partition coefficient (Wildman–Crippen LogP) is 1.03. The number of hydrogen-bond donors (Lipinski definition) is 3. The van der Waals surface area contributed by atoms with Gasteiger partial charge in [-0.05, 0) is 32.6 Å². The molecule has 0 bridgehead atoms. The lowest BCUT2D eigenvalue weighted by atomic mass is 9.74. The van der Waals surface area contributed by atoms with E-state index in [1.807, 2.05) is 0 Å². The van der Waals surface area contributed by atoms with E-state index in [-0.39, 0.29) is 24.8 Å². The first-order valence-electron chi connectivity index (χ1n) is 6.91. The Balaban J connectivity index is 2.19. The summed E-state index contributed by atoms with van der Waals surface area (Å²) in [6.07, 6.45) is 3.01. The molecule has 7 heteroatoms. The van der Waals surface area contributed by atoms with Crippen LogP contribution >= 0.6 is 0 Å². The van der Waals surface area contributed by atoms with E-state index in [0.717, 1.165) is 6.42 Å². The van der Waals surface area contributed by atoms with E-state index in [4.69, 9.17) is 9.84 Å². The number of carboxylic acid groups (broad SMARTS) is 1. The van der Waals surface area contributed by atoms with E-state index in [1.165, 1.54) is 0 Å². The maximum absolute atomic E-state index is 11.7. The van der Waals surface area contributed by atoms with Gasteiger partial charge in [0.15, 0.2) is 0 Å².